The molecular formula is C59H61ClN8O4S2. The maximum absolute atomic E-state index is 14.6. The van der Waals surface area contributed by atoms with Gasteiger partial charge in [-0.2, -0.15) is 5.10 Å². The summed E-state index contributed by atoms with van der Waals surface area (Å²) in [6.07, 6.45) is 2.20. The van der Waals surface area contributed by atoms with E-state index in [9.17, 15) is 19.2 Å². The first kappa shape index (κ1) is 51.1. The van der Waals surface area contributed by atoms with Gasteiger partial charge in [0.1, 0.15) is 10.0 Å². The molecule has 0 atom stereocenters. The molecule has 6 heterocycles. The van der Waals surface area contributed by atoms with E-state index in [2.05, 4.69) is 79.9 Å². The quantitative estimate of drug-likeness (QED) is 0.158. The van der Waals surface area contributed by atoms with Gasteiger partial charge in [0.05, 0.1) is 45.3 Å². The number of rotatable bonds is 8. The molecule has 15 heteroatoms. The summed E-state index contributed by atoms with van der Waals surface area (Å²) in [5.41, 5.74) is 13.0. The van der Waals surface area contributed by atoms with Crippen LogP contribution in [0, 0.1) is 38.5 Å². The molecule has 0 spiro atoms. The molecule has 74 heavy (non-hydrogen) atoms. The van der Waals surface area contributed by atoms with Crippen LogP contribution in [0.2, 0.25) is 5.02 Å². The van der Waals surface area contributed by atoms with E-state index in [0.717, 1.165) is 101 Å². The predicted octanol–water partition coefficient (Wildman–Crippen LogP) is 11.9. The number of pyridine rings is 2. The lowest BCUT2D eigenvalue weighted by atomic mass is 9.75. The van der Waals surface area contributed by atoms with Gasteiger partial charge in [0.2, 0.25) is 0 Å². The number of aromatic nitrogens is 6. The lowest BCUT2D eigenvalue weighted by Gasteiger charge is -2.34. The summed E-state index contributed by atoms with van der Waals surface area (Å²) in [5.74, 6) is 0.139. The van der Waals surface area contributed by atoms with E-state index in [1.54, 1.807) is 16.7 Å². The summed E-state index contributed by atoms with van der Waals surface area (Å²) in [6, 6.07) is 25.5. The maximum Gasteiger partial charge on any atom is 0.265 e. The van der Waals surface area contributed by atoms with Crippen LogP contribution < -0.4 is 11.1 Å². The van der Waals surface area contributed by atoms with E-state index < -0.39 is 0 Å². The topological polar surface area (TPSA) is 139 Å². The van der Waals surface area contributed by atoms with Crippen molar-refractivity contribution < 1.29 is 9.59 Å². The van der Waals surface area contributed by atoms with Gasteiger partial charge in [-0.25, -0.2) is 9.97 Å². The van der Waals surface area contributed by atoms with Crippen molar-refractivity contribution in [3.05, 3.63) is 166 Å². The molecule has 8 aromatic rings. The number of likely N-dealkylation sites (N-methyl/N-ethyl adjacent to an activating group) is 1. The average Bonchev–Trinajstić information content (AvgIpc) is 4.13. The summed E-state index contributed by atoms with van der Waals surface area (Å²) < 4.78 is 3.55. The molecule has 3 aromatic carbocycles. The van der Waals surface area contributed by atoms with Gasteiger partial charge in [0.15, 0.2) is 11.6 Å². The maximum atomic E-state index is 14.6. The number of carbonyl (C=O) groups is 2. The number of halogens is 1. The number of nitrogens with zero attached hydrogens (tertiary/aromatic N) is 7. The molecule has 1 aliphatic heterocycles. The Balaban J connectivity index is 0.000000173. The predicted molar refractivity (Wildman–Crippen MR) is 299 cm³/mol. The second-order valence-electron chi connectivity index (χ2n) is 21.9. The third-order valence-electron chi connectivity index (χ3n) is 14.6. The zero-order valence-electron chi connectivity index (χ0n) is 43.5. The molecule has 3 aliphatic rings. The first-order chi connectivity index (χ1) is 35.2. The molecule has 1 fully saturated rings. The monoisotopic (exact) mass is 1040 g/mol. The highest BCUT2D eigenvalue weighted by molar-refractivity contribution is 7.13. The number of carbonyl (C=O) groups excluding carboxylic acids is 2. The molecular weight excluding hydrogens is 984 g/mol. The molecule has 12 nitrogen and oxygen atoms in total. The molecule has 0 bridgehead atoms. The van der Waals surface area contributed by atoms with E-state index in [1.165, 1.54) is 28.2 Å². The molecule has 2 aliphatic carbocycles. The van der Waals surface area contributed by atoms with Gasteiger partial charge < -0.3 is 4.90 Å². The van der Waals surface area contributed by atoms with Crippen LogP contribution in [0.5, 0.6) is 0 Å². The molecule has 1 N–H and O–H groups in total. The summed E-state index contributed by atoms with van der Waals surface area (Å²) in [5, 5.41) is 13.1. The number of H-pyrrole nitrogens is 1. The molecule has 0 amide bonds. The van der Waals surface area contributed by atoms with Crippen molar-refractivity contribution >= 4 is 45.8 Å². The first-order valence-corrected chi connectivity index (χ1v) is 27.3. The number of fused-ring (bicyclic) bond motifs is 2. The number of aromatic amines is 1. The summed E-state index contributed by atoms with van der Waals surface area (Å²) in [7, 11) is 2.16. The highest BCUT2D eigenvalue weighted by atomic mass is 35.5. The van der Waals surface area contributed by atoms with E-state index in [1.807, 2.05) is 84.6 Å². The number of para-hydroxylation sites is 1. The Kier molecular flexibility index (Phi) is 13.8. The van der Waals surface area contributed by atoms with Crippen molar-refractivity contribution in [1.29, 1.82) is 0 Å². The third-order valence-corrected chi connectivity index (χ3v) is 16.6. The summed E-state index contributed by atoms with van der Waals surface area (Å²) in [6.45, 7) is 21.0. The minimum Gasteiger partial charge on any atom is -0.304 e. The Hall–Kier alpha value is -6.42. The molecule has 0 unspecified atom stereocenters. The zero-order chi connectivity index (χ0) is 52.4. The van der Waals surface area contributed by atoms with E-state index in [4.69, 9.17) is 21.6 Å². The van der Waals surface area contributed by atoms with Gasteiger partial charge in [0.25, 0.3) is 11.1 Å². The highest BCUT2D eigenvalue weighted by Crippen LogP contribution is 2.40. The number of hydrogen-bond donors (Lipinski definition) is 1. The fourth-order valence-corrected chi connectivity index (χ4v) is 12.5. The molecule has 380 valence electrons. The number of ketones is 2. The van der Waals surface area contributed by atoms with Crippen molar-refractivity contribution in [2.45, 2.75) is 87.6 Å². The Labute approximate surface area is 444 Å². The lowest BCUT2D eigenvalue weighted by molar-refractivity contribution is 0.0899. The Bertz CT molecular complexity index is 3590. The number of aryl methyl sites for hydroxylation is 4. The number of piperazine rings is 1. The van der Waals surface area contributed by atoms with E-state index >= 15 is 0 Å². The van der Waals surface area contributed by atoms with Crippen molar-refractivity contribution in [3.63, 3.8) is 0 Å². The second-order valence-corrected chi connectivity index (χ2v) is 24.0. The second kappa shape index (κ2) is 20.0. The SMILES string of the molecule is Cc1ccc(-c2csc(-c3cc4c(n(-c5c(C)n[nH]c5C)c3=O)CC(C)(C)CC4=O)n2)cc1.Cc1cccc(CN2CCN(C)CC2)c1-n1c2c(cc(-c3nc(-c4ccc(Cl)cc4)cs3)c1=O)C(=O)CC(C)(C)C2. The number of Topliss-reactive ketones (excluding diaryl/α,β-unsaturated/α-hetero) is 2. The van der Waals surface area contributed by atoms with Crippen LogP contribution in [0.3, 0.4) is 0 Å². The fraction of sp³-hybridized carbons (Fsp3) is 0.339. The molecule has 5 aromatic heterocycles. The van der Waals surface area contributed by atoms with Crippen LogP contribution >= 0.6 is 34.3 Å². The number of nitrogens with one attached hydrogen (secondary N) is 1. The summed E-state index contributed by atoms with van der Waals surface area (Å²) in [4.78, 5) is 69.7. The van der Waals surface area contributed by atoms with Gasteiger partial charge >= 0.3 is 0 Å². The van der Waals surface area contributed by atoms with Crippen molar-refractivity contribution in [2.75, 3.05) is 33.2 Å². The minimum atomic E-state index is -0.233. The molecule has 0 radical (unpaired) electrons. The molecule has 1 saturated heterocycles. The van der Waals surface area contributed by atoms with Crippen LogP contribution in [-0.2, 0) is 19.4 Å². The van der Waals surface area contributed by atoms with Crippen LogP contribution in [0.1, 0.15) is 101 Å². The van der Waals surface area contributed by atoms with Gasteiger partial charge in [-0.15, -0.1) is 22.7 Å². The number of thiazole rings is 2. The van der Waals surface area contributed by atoms with Crippen LogP contribution in [0.15, 0.2) is 99.2 Å². The highest BCUT2D eigenvalue weighted by Gasteiger charge is 2.37. The first-order valence-electron chi connectivity index (χ1n) is 25.1. The largest absolute Gasteiger partial charge is 0.304 e. The Morgan fingerprint density at radius 2 is 1.12 bits per heavy atom. The average molecular weight is 1050 g/mol. The van der Waals surface area contributed by atoms with Gasteiger partial charge in [0, 0.05) is 95.0 Å². The van der Waals surface area contributed by atoms with Crippen molar-refractivity contribution in [3.8, 4) is 55.0 Å². The van der Waals surface area contributed by atoms with Gasteiger partial charge in [-0.3, -0.25) is 38.3 Å². The summed E-state index contributed by atoms with van der Waals surface area (Å²) >= 11 is 8.94. The van der Waals surface area contributed by atoms with E-state index in [-0.39, 0.29) is 33.5 Å². The third kappa shape index (κ3) is 10.1. The Morgan fingerprint density at radius 1 is 0.622 bits per heavy atom. The normalized spacial score (nSPS) is 16.4. The standard InChI is InChI=1S/C33H35ClN4O2S.C26H26N4O2S/c1-21-6-5-7-23(19-37-14-12-36(4)13-15-37)30(21)38-28-17-33(2,3)18-29(39)25(28)16-26(32(38)40)31-35-27(20-41-31)22-8-10-24(34)11-9-22;1-14-6-8-17(9-7-14)20-13-33-24(27-20)19-10-18-21(11-26(4,5)12-22(18)31)30(25(19)32)23-15(2)28-29-16(23)3/h5-11,16,20H,12-15,17-19H2,1-4H3;6-10,13H,11-12H2,1-5H3,(H,28,29). The molecule has 11 rings (SSSR count). The number of benzene rings is 3. The smallest absolute Gasteiger partial charge is 0.265 e. The minimum absolute atomic E-state index is 0.0605. The van der Waals surface area contributed by atoms with Crippen LogP contribution in [-0.4, -0.2) is 83.9 Å². The van der Waals surface area contributed by atoms with Crippen molar-refractivity contribution in [2.24, 2.45) is 10.8 Å². The number of hydrogen-bond acceptors (Lipinski definition) is 11. The van der Waals surface area contributed by atoms with E-state index in [0.29, 0.717) is 63.0 Å². The Morgan fingerprint density at radius 3 is 1.62 bits per heavy atom. The van der Waals surface area contributed by atoms with Gasteiger partial charge in [-0.05, 0) is 93.8 Å². The fourth-order valence-electron chi connectivity index (χ4n) is 10.7. The van der Waals surface area contributed by atoms with Crippen LogP contribution in [0.25, 0.3) is 55.0 Å². The van der Waals surface area contributed by atoms with Crippen LogP contribution in [0.4, 0.5) is 0 Å². The zero-order valence-corrected chi connectivity index (χ0v) is 45.9. The van der Waals surface area contributed by atoms with Crippen molar-refractivity contribution in [1.82, 2.24) is 39.1 Å². The molecule has 0 saturated carbocycles. The lowest BCUT2D eigenvalue weighted by Crippen LogP contribution is -2.44. The van der Waals surface area contributed by atoms with Gasteiger partial charge in [-0.1, -0.05) is 99.5 Å².